The van der Waals surface area contributed by atoms with E-state index in [2.05, 4.69) is 0 Å². The van der Waals surface area contributed by atoms with Crippen LogP contribution in [0.5, 0.6) is 0 Å². The summed E-state index contributed by atoms with van der Waals surface area (Å²) in [6.07, 6.45) is 3.82. The Morgan fingerprint density at radius 3 is 2.40 bits per heavy atom. The second-order valence-electron chi connectivity index (χ2n) is 13.4. The standard InChI is InChI=1S/C32H42O10/c1-17-14-26(42-27(36)18(17)2)29(6,37)32(39)13-12-31(38)23-15-24(41-20(4)34)22-8-7-9-25(35)28(22,5)21(23)10-11-30(31,32)16-40-19(3)33/h7-9,21,23-24,26,37-39H,10-16H2,1-6H3/t21-,23+,24-,26?,28+,29-,30+,31+,32+/m0/s1. The van der Waals surface area contributed by atoms with Gasteiger partial charge in [-0.05, 0) is 83.3 Å². The number of ether oxygens (including phenoxy) is 3. The molecule has 0 aromatic rings. The van der Waals surface area contributed by atoms with Crippen LogP contribution in [0.25, 0.3) is 0 Å². The van der Waals surface area contributed by atoms with Crippen molar-refractivity contribution in [2.24, 2.45) is 22.7 Å². The van der Waals surface area contributed by atoms with Crippen molar-refractivity contribution in [2.45, 2.75) is 109 Å². The third-order valence-electron chi connectivity index (χ3n) is 11.6. The van der Waals surface area contributed by atoms with Crippen molar-refractivity contribution in [3.8, 4) is 0 Å². The molecule has 0 saturated heterocycles. The first-order chi connectivity index (χ1) is 19.5. The summed E-state index contributed by atoms with van der Waals surface area (Å²) in [4.78, 5) is 50.5. The number of esters is 3. The van der Waals surface area contributed by atoms with Gasteiger partial charge in [0.15, 0.2) is 5.78 Å². The Balaban J connectivity index is 1.64. The molecule has 1 heterocycles. The van der Waals surface area contributed by atoms with E-state index >= 15 is 0 Å². The fraction of sp³-hybridized carbons (Fsp3) is 0.688. The van der Waals surface area contributed by atoms with Gasteiger partial charge >= 0.3 is 17.9 Å². The van der Waals surface area contributed by atoms with Crippen molar-refractivity contribution in [2.75, 3.05) is 6.61 Å². The van der Waals surface area contributed by atoms with E-state index in [0.29, 0.717) is 17.6 Å². The Bertz CT molecular complexity index is 1320. The summed E-state index contributed by atoms with van der Waals surface area (Å²) >= 11 is 0. The average molecular weight is 587 g/mol. The van der Waals surface area contributed by atoms with Crippen LogP contribution in [0.2, 0.25) is 0 Å². The SMILES string of the molecule is CC(=O)OC[C@]12CC[C@H]3[C@@H](C[C@H](OC(C)=O)C4=CC=CC(=O)[C@@]43C)[C@]1(O)CC[C@@]2(O)[C@@](C)(O)C1CC(C)=C(C)C(=O)O1. The number of hydrogen-bond donors (Lipinski definition) is 3. The first kappa shape index (κ1) is 30.6. The van der Waals surface area contributed by atoms with Crippen LogP contribution in [0.3, 0.4) is 0 Å². The molecule has 42 heavy (non-hydrogen) atoms. The van der Waals surface area contributed by atoms with Gasteiger partial charge in [0.2, 0.25) is 0 Å². The van der Waals surface area contributed by atoms with Gasteiger partial charge in [0.05, 0.1) is 16.4 Å². The number of rotatable bonds is 5. The van der Waals surface area contributed by atoms with Gasteiger partial charge in [-0.15, -0.1) is 0 Å². The predicted molar refractivity (Wildman–Crippen MR) is 148 cm³/mol. The summed E-state index contributed by atoms with van der Waals surface area (Å²) in [5.74, 6) is -2.93. The summed E-state index contributed by atoms with van der Waals surface area (Å²) in [6, 6.07) is 0. The molecule has 10 nitrogen and oxygen atoms in total. The lowest BCUT2D eigenvalue weighted by Crippen LogP contribution is -2.75. The molecule has 0 amide bonds. The average Bonchev–Trinajstić information content (AvgIpc) is 3.15. The third-order valence-corrected chi connectivity index (χ3v) is 11.6. The van der Waals surface area contributed by atoms with Gasteiger partial charge in [-0.25, -0.2) is 4.79 Å². The zero-order valence-corrected chi connectivity index (χ0v) is 25.2. The highest BCUT2D eigenvalue weighted by Crippen LogP contribution is 2.71. The topological polar surface area (TPSA) is 157 Å². The maximum absolute atomic E-state index is 13.5. The van der Waals surface area contributed by atoms with Crippen LogP contribution in [0.15, 0.2) is 34.9 Å². The molecule has 5 aliphatic rings. The van der Waals surface area contributed by atoms with E-state index in [0.717, 1.165) is 5.57 Å². The summed E-state index contributed by atoms with van der Waals surface area (Å²) < 4.78 is 16.9. The van der Waals surface area contributed by atoms with E-state index in [-0.39, 0.29) is 43.8 Å². The minimum Gasteiger partial charge on any atom is -0.465 e. The molecular weight excluding hydrogens is 544 g/mol. The summed E-state index contributed by atoms with van der Waals surface area (Å²) in [5, 5.41) is 37.8. The van der Waals surface area contributed by atoms with Crippen LogP contribution in [-0.4, -0.2) is 74.6 Å². The first-order valence-corrected chi connectivity index (χ1v) is 14.7. The van der Waals surface area contributed by atoms with Crippen LogP contribution in [0.4, 0.5) is 0 Å². The first-order valence-electron chi connectivity index (χ1n) is 14.7. The molecule has 5 rings (SSSR count). The van der Waals surface area contributed by atoms with E-state index < -0.39 is 70.3 Å². The molecule has 0 aromatic heterocycles. The lowest BCUT2D eigenvalue weighted by Gasteiger charge is -2.64. The zero-order chi connectivity index (χ0) is 31.0. The quantitative estimate of drug-likeness (QED) is 0.323. The van der Waals surface area contributed by atoms with E-state index in [1.165, 1.54) is 26.8 Å². The number of ketones is 1. The maximum Gasteiger partial charge on any atom is 0.334 e. The van der Waals surface area contributed by atoms with Crippen molar-refractivity contribution >= 4 is 23.7 Å². The number of carbonyl (C=O) groups excluding carboxylic acids is 4. The largest absolute Gasteiger partial charge is 0.465 e. The summed E-state index contributed by atoms with van der Waals surface area (Å²) in [5.41, 5.74) is -6.66. The molecule has 0 radical (unpaired) electrons. The highest BCUT2D eigenvalue weighted by Gasteiger charge is 2.79. The van der Waals surface area contributed by atoms with E-state index in [4.69, 9.17) is 14.2 Å². The van der Waals surface area contributed by atoms with Crippen LogP contribution in [0.1, 0.15) is 80.1 Å². The Morgan fingerprint density at radius 1 is 1.10 bits per heavy atom. The fourth-order valence-corrected chi connectivity index (χ4v) is 9.12. The van der Waals surface area contributed by atoms with Gasteiger partial charge in [0, 0.05) is 25.8 Å². The van der Waals surface area contributed by atoms with Gasteiger partial charge in [-0.1, -0.05) is 17.7 Å². The second kappa shape index (κ2) is 9.86. The third kappa shape index (κ3) is 3.94. The molecule has 3 fully saturated rings. The van der Waals surface area contributed by atoms with E-state index in [9.17, 15) is 34.5 Å². The van der Waals surface area contributed by atoms with Gasteiger partial charge in [0.1, 0.15) is 30.0 Å². The van der Waals surface area contributed by atoms with E-state index in [1.807, 2.05) is 6.92 Å². The van der Waals surface area contributed by atoms with Crippen LogP contribution in [0, 0.1) is 22.7 Å². The minimum absolute atomic E-state index is 0.0164. The number of allylic oxidation sites excluding steroid dienone is 3. The monoisotopic (exact) mass is 586 g/mol. The predicted octanol–water partition coefficient (Wildman–Crippen LogP) is 2.63. The molecule has 0 spiro atoms. The maximum atomic E-state index is 13.5. The minimum atomic E-state index is -2.06. The number of hydrogen-bond acceptors (Lipinski definition) is 10. The summed E-state index contributed by atoms with van der Waals surface area (Å²) in [7, 11) is 0. The van der Waals surface area contributed by atoms with Crippen LogP contribution in [-0.2, 0) is 33.4 Å². The zero-order valence-electron chi connectivity index (χ0n) is 25.2. The second-order valence-corrected chi connectivity index (χ2v) is 13.4. The molecule has 0 aromatic carbocycles. The van der Waals surface area contributed by atoms with Gasteiger partial charge in [0.25, 0.3) is 0 Å². The van der Waals surface area contributed by atoms with Crippen molar-refractivity contribution in [3.63, 3.8) is 0 Å². The Kier molecular flexibility index (Phi) is 7.19. The fourth-order valence-electron chi connectivity index (χ4n) is 9.12. The van der Waals surface area contributed by atoms with Gasteiger partial charge in [-0.3, -0.25) is 14.4 Å². The van der Waals surface area contributed by atoms with Crippen LogP contribution >= 0.6 is 0 Å². The normalized spacial score (nSPS) is 42.5. The highest BCUT2D eigenvalue weighted by molar-refractivity contribution is 5.99. The van der Waals surface area contributed by atoms with Crippen molar-refractivity contribution in [1.29, 1.82) is 0 Å². The lowest BCUT2D eigenvalue weighted by molar-refractivity contribution is -0.297. The Hall–Kier alpha value is -2.82. The molecule has 3 saturated carbocycles. The highest BCUT2D eigenvalue weighted by atomic mass is 16.6. The molecule has 9 atom stereocenters. The number of fused-ring (bicyclic) bond motifs is 5. The summed E-state index contributed by atoms with van der Waals surface area (Å²) in [6.45, 7) is 8.77. The number of cyclic esters (lactones) is 1. The van der Waals surface area contributed by atoms with Gasteiger partial charge < -0.3 is 29.5 Å². The van der Waals surface area contributed by atoms with Crippen molar-refractivity contribution in [1.82, 2.24) is 0 Å². The van der Waals surface area contributed by atoms with Crippen molar-refractivity contribution < 1.29 is 48.7 Å². The Labute approximate surface area is 245 Å². The molecule has 1 unspecified atom stereocenters. The molecule has 1 aliphatic heterocycles. The molecule has 230 valence electrons. The molecule has 4 aliphatic carbocycles. The lowest BCUT2D eigenvalue weighted by atomic mass is 9.43. The molecule has 3 N–H and O–H groups in total. The van der Waals surface area contributed by atoms with Crippen LogP contribution < -0.4 is 0 Å². The van der Waals surface area contributed by atoms with Crippen molar-refractivity contribution in [3.05, 3.63) is 34.9 Å². The molecule has 0 bridgehead atoms. The number of carbonyl (C=O) groups is 4. The molecular formula is C32H42O10. The smallest absolute Gasteiger partial charge is 0.334 e. The van der Waals surface area contributed by atoms with Gasteiger partial charge in [-0.2, -0.15) is 0 Å². The van der Waals surface area contributed by atoms with E-state index in [1.54, 1.807) is 26.0 Å². The molecule has 10 heteroatoms. The Morgan fingerprint density at radius 2 is 1.79 bits per heavy atom. The number of aliphatic hydroxyl groups is 3.